The first-order chi connectivity index (χ1) is 12.9. The molecule has 2 rings (SSSR count). The minimum absolute atomic E-state index is 0.0742. The molecule has 0 aromatic heterocycles. The van der Waals surface area contributed by atoms with Crippen molar-refractivity contribution in [1.29, 1.82) is 0 Å². The van der Waals surface area contributed by atoms with E-state index in [1.54, 1.807) is 48.5 Å². The highest BCUT2D eigenvalue weighted by atomic mass is 16.5. The van der Waals surface area contributed by atoms with Crippen LogP contribution in [0.4, 0.5) is 5.69 Å². The van der Waals surface area contributed by atoms with Crippen LogP contribution in [0.3, 0.4) is 0 Å². The Morgan fingerprint density at radius 2 is 1.67 bits per heavy atom. The Kier molecular flexibility index (Phi) is 7.11. The molecule has 1 N–H and O–H groups in total. The van der Waals surface area contributed by atoms with Crippen LogP contribution in [-0.4, -0.2) is 31.4 Å². The van der Waals surface area contributed by atoms with Gasteiger partial charge >= 0.3 is 5.97 Å². The number of hydrogen-bond donors (Lipinski definition) is 1. The number of rotatable bonds is 8. The molecule has 0 fully saturated rings. The number of carbonyl (C=O) groups is 3. The molecule has 0 saturated heterocycles. The fraction of sp³-hybridized carbons (Fsp3) is 0.286. The molecular weight excluding hydrogens is 346 g/mol. The largest absolute Gasteiger partial charge is 0.496 e. The topological polar surface area (TPSA) is 81.7 Å². The number of hydrogen-bond acceptors (Lipinski definition) is 5. The van der Waals surface area contributed by atoms with Crippen LogP contribution in [0.15, 0.2) is 48.5 Å². The van der Waals surface area contributed by atoms with Crippen LogP contribution >= 0.6 is 0 Å². The van der Waals surface area contributed by atoms with Crippen LogP contribution in [0.1, 0.15) is 41.0 Å². The minimum Gasteiger partial charge on any atom is -0.496 e. The Hall–Kier alpha value is -3.15. The smallest absolute Gasteiger partial charge is 0.342 e. The lowest BCUT2D eigenvalue weighted by molar-refractivity contribution is -0.116. The van der Waals surface area contributed by atoms with Gasteiger partial charge in [-0.05, 0) is 42.3 Å². The first kappa shape index (κ1) is 20.2. The van der Waals surface area contributed by atoms with E-state index in [2.05, 4.69) is 5.32 Å². The van der Waals surface area contributed by atoms with Crippen molar-refractivity contribution in [1.82, 2.24) is 0 Å². The van der Waals surface area contributed by atoms with Crippen molar-refractivity contribution in [3.8, 4) is 5.75 Å². The third-order valence-electron chi connectivity index (χ3n) is 3.75. The number of ether oxygens (including phenoxy) is 2. The zero-order chi connectivity index (χ0) is 19.8. The van der Waals surface area contributed by atoms with E-state index in [0.717, 1.165) is 0 Å². The highest BCUT2D eigenvalue weighted by Crippen LogP contribution is 2.18. The van der Waals surface area contributed by atoms with Crippen molar-refractivity contribution < 1.29 is 23.9 Å². The van der Waals surface area contributed by atoms with Crippen LogP contribution < -0.4 is 10.1 Å². The fourth-order valence-corrected chi connectivity index (χ4v) is 2.43. The number of methoxy groups -OCH3 is 1. The maximum Gasteiger partial charge on any atom is 0.342 e. The number of para-hydroxylation sites is 1. The molecular formula is C21H23NO5. The molecule has 0 aliphatic carbocycles. The molecule has 27 heavy (non-hydrogen) atoms. The van der Waals surface area contributed by atoms with Gasteiger partial charge in [-0.15, -0.1) is 0 Å². The Morgan fingerprint density at radius 1 is 1.00 bits per heavy atom. The van der Waals surface area contributed by atoms with Gasteiger partial charge in [0, 0.05) is 17.7 Å². The predicted molar refractivity (Wildman–Crippen MR) is 102 cm³/mol. The molecule has 0 aliphatic rings. The normalized spacial score (nSPS) is 10.4. The van der Waals surface area contributed by atoms with Gasteiger partial charge in [-0.2, -0.15) is 0 Å². The molecule has 0 saturated carbocycles. The van der Waals surface area contributed by atoms with E-state index in [4.69, 9.17) is 9.47 Å². The van der Waals surface area contributed by atoms with E-state index >= 15 is 0 Å². The van der Waals surface area contributed by atoms with Crippen molar-refractivity contribution in [2.75, 3.05) is 19.0 Å². The molecule has 0 heterocycles. The summed E-state index contributed by atoms with van der Waals surface area (Å²) < 4.78 is 10.2. The molecule has 0 spiro atoms. The van der Waals surface area contributed by atoms with Crippen molar-refractivity contribution in [2.24, 2.45) is 5.92 Å². The second kappa shape index (κ2) is 9.52. The predicted octanol–water partition coefficient (Wildman–Crippen LogP) is 3.72. The van der Waals surface area contributed by atoms with E-state index in [9.17, 15) is 14.4 Å². The van der Waals surface area contributed by atoms with Crippen molar-refractivity contribution in [3.63, 3.8) is 0 Å². The second-order valence-corrected chi connectivity index (χ2v) is 6.42. The maximum atomic E-state index is 12.2. The zero-order valence-electron chi connectivity index (χ0n) is 15.7. The third-order valence-corrected chi connectivity index (χ3v) is 3.75. The number of esters is 1. The summed E-state index contributed by atoms with van der Waals surface area (Å²) in [6, 6.07) is 13.1. The van der Waals surface area contributed by atoms with Gasteiger partial charge in [-0.1, -0.05) is 26.0 Å². The third kappa shape index (κ3) is 5.95. The van der Waals surface area contributed by atoms with Crippen molar-refractivity contribution >= 4 is 23.3 Å². The van der Waals surface area contributed by atoms with Crippen LogP contribution in [0.5, 0.6) is 5.75 Å². The van der Waals surface area contributed by atoms with Crippen LogP contribution in [0, 0.1) is 5.92 Å². The average molecular weight is 369 g/mol. The van der Waals surface area contributed by atoms with Crippen molar-refractivity contribution in [2.45, 2.75) is 20.3 Å². The monoisotopic (exact) mass is 369 g/mol. The quantitative estimate of drug-likeness (QED) is 0.566. The standard InChI is InChI=1S/C21H23NO5/c1-14(2)12-20(24)22-16-10-8-15(9-11-16)18(23)13-27-21(25)17-6-4-5-7-19(17)26-3/h4-11,14H,12-13H2,1-3H3,(H,22,24). The van der Waals surface area contributed by atoms with Gasteiger partial charge in [-0.3, -0.25) is 9.59 Å². The zero-order valence-corrected chi connectivity index (χ0v) is 15.7. The summed E-state index contributed by atoms with van der Waals surface area (Å²) in [6.07, 6.45) is 0.430. The van der Waals surface area contributed by atoms with Gasteiger partial charge in [0.1, 0.15) is 11.3 Å². The summed E-state index contributed by atoms with van der Waals surface area (Å²) >= 11 is 0. The summed E-state index contributed by atoms with van der Waals surface area (Å²) in [6.45, 7) is 3.55. The summed E-state index contributed by atoms with van der Waals surface area (Å²) in [7, 11) is 1.46. The average Bonchev–Trinajstić information content (AvgIpc) is 2.65. The van der Waals surface area contributed by atoms with Gasteiger partial charge in [0.2, 0.25) is 5.91 Å². The number of anilines is 1. The lowest BCUT2D eigenvalue weighted by Gasteiger charge is -2.09. The van der Waals surface area contributed by atoms with Crippen LogP contribution in [0.25, 0.3) is 0 Å². The number of amides is 1. The van der Waals surface area contributed by atoms with Gasteiger partial charge in [-0.25, -0.2) is 4.79 Å². The van der Waals surface area contributed by atoms with E-state index in [0.29, 0.717) is 23.4 Å². The Bertz CT molecular complexity index is 812. The Balaban J connectivity index is 1.92. The summed E-state index contributed by atoms with van der Waals surface area (Å²) in [5, 5.41) is 2.77. The molecule has 0 bridgehead atoms. The van der Waals surface area contributed by atoms with E-state index < -0.39 is 5.97 Å². The number of nitrogens with one attached hydrogen (secondary N) is 1. The highest BCUT2D eigenvalue weighted by Gasteiger charge is 2.15. The lowest BCUT2D eigenvalue weighted by atomic mass is 10.1. The molecule has 6 heteroatoms. The second-order valence-electron chi connectivity index (χ2n) is 6.42. The maximum absolute atomic E-state index is 12.2. The van der Waals surface area contributed by atoms with Gasteiger partial charge in [0.15, 0.2) is 12.4 Å². The molecule has 142 valence electrons. The van der Waals surface area contributed by atoms with E-state index in [1.165, 1.54) is 7.11 Å². The number of benzene rings is 2. The Morgan fingerprint density at radius 3 is 2.30 bits per heavy atom. The molecule has 2 aromatic carbocycles. The Labute approximate surface area is 158 Å². The fourth-order valence-electron chi connectivity index (χ4n) is 2.43. The summed E-state index contributed by atoms with van der Waals surface area (Å²) in [5.41, 5.74) is 1.27. The highest BCUT2D eigenvalue weighted by molar-refractivity contribution is 6.00. The van der Waals surface area contributed by atoms with Crippen LogP contribution in [0.2, 0.25) is 0 Å². The van der Waals surface area contributed by atoms with E-state index in [1.807, 2.05) is 13.8 Å². The molecule has 0 unspecified atom stereocenters. The molecule has 2 aromatic rings. The van der Waals surface area contributed by atoms with Gasteiger partial charge < -0.3 is 14.8 Å². The number of carbonyl (C=O) groups excluding carboxylic acids is 3. The first-order valence-corrected chi connectivity index (χ1v) is 8.64. The van der Waals surface area contributed by atoms with Crippen molar-refractivity contribution in [3.05, 3.63) is 59.7 Å². The first-order valence-electron chi connectivity index (χ1n) is 8.64. The molecule has 6 nitrogen and oxygen atoms in total. The van der Waals surface area contributed by atoms with E-state index in [-0.39, 0.29) is 29.8 Å². The number of Topliss-reactive ketones (excluding diaryl/α,β-unsaturated/α-hetero) is 1. The number of ketones is 1. The SMILES string of the molecule is COc1ccccc1C(=O)OCC(=O)c1ccc(NC(=O)CC(C)C)cc1. The molecule has 1 amide bonds. The van der Waals surface area contributed by atoms with Crippen LogP contribution in [-0.2, 0) is 9.53 Å². The minimum atomic E-state index is -0.627. The lowest BCUT2D eigenvalue weighted by Crippen LogP contribution is -2.15. The molecule has 0 radical (unpaired) electrons. The summed E-state index contributed by atoms with van der Waals surface area (Å²) in [5.74, 6) is -0.383. The molecule has 0 atom stereocenters. The molecule has 0 aliphatic heterocycles. The summed E-state index contributed by atoms with van der Waals surface area (Å²) in [4.78, 5) is 36.1. The van der Waals surface area contributed by atoms with Gasteiger partial charge in [0.25, 0.3) is 0 Å². The van der Waals surface area contributed by atoms with Gasteiger partial charge in [0.05, 0.1) is 7.11 Å².